The number of amides is 1. The van der Waals surface area contributed by atoms with Crippen LogP contribution in [-0.2, 0) is 4.79 Å². The van der Waals surface area contributed by atoms with Gasteiger partial charge in [0, 0.05) is 16.5 Å². The Morgan fingerprint density at radius 3 is 2.67 bits per heavy atom. The molecule has 2 N–H and O–H groups in total. The molecule has 2 atom stereocenters. The summed E-state index contributed by atoms with van der Waals surface area (Å²) in [6, 6.07) is 15.6. The zero-order valence-electron chi connectivity index (χ0n) is 17.1. The lowest BCUT2D eigenvalue weighted by molar-refractivity contribution is -0.118. The van der Waals surface area contributed by atoms with Gasteiger partial charge in [0.05, 0.1) is 19.2 Å². The number of benzene rings is 2. The second-order valence-corrected chi connectivity index (χ2v) is 8.03. The number of anilines is 2. The molecule has 0 saturated carbocycles. The van der Waals surface area contributed by atoms with Gasteiger partial charge in [-0.25, -0.2) is 4.68 Å². The van der Waals surface area contributed by atoms with Crippen LogP contribution in [0.5, 0.6) is 5.75 Å². The maximum absolute atomic E-state index is 12.1. The number of fused-ring (bicyclic) bond motifs is 1. The van der Waals surface area contributed by atoms with Gasteiger partial charge in [0.15, 0.2) is 0 Å². The van der Waals surface area contributed by atoms with Gasteiger partial charge < -0.3 is 10.1 Å². The van der Waals surface area contributed by atoms with Crippen LogP contribution in [-0.4, -0.2) is 27.8 Å². The third kappa shape index (κ3) is 3.98. The summed E-state index contributed by atoms with van der Waals surface area (Å²) in [5.74, 6) is 1.38. The maximum Gasteiger partial charge on any atom is 0.250 e. The summed E-state index contributed by atoms with van der Waals surface area (Å²) in [6.45, 7) is 3.66. The summed E-state index contributed by atoms with van der Waals surface area (Å²) in [5.41, 5.74) is 2.11. The Morgan fingerprint density at radius 1 is 1.23 bits per heavy atom. The highest BCUT2D eigenvalue weighted by Gasteiger charge is 2.33. The largest absolute Gasteiger partial charge is 0.496 e. The van der Waals surface area contributed by atoms with Gasteiger partial charge in [-0.2, -0.15) is 4.98 Å². The van der Waals surface area contributed by atoms with Crippen LogP contribution in [0, 0.1) is 5.92 Å². The van der Waals surface area contributed by atoms with Crippen LogP contribution in [0.25, 0.3) is 0 Å². The number of aromatic nitrogens is 3. The van der Waals surface area contributed by atoms with E-state index in [0.29, 0.717) is 11.0 Å². The molecule has 2 heterocycles. The third-order valence-corrected chi connectivity index (χ3v) is 5.47. The number of nitrogens with one attached hydrogen (secondary N) is 2. The summed E-state index contributed by atoms with van der Waals surface area (Å²) in [7, 11) is 1.66. The Kier molecular flexibility index (Phi) is 5.63. The fraction of sp³-hybridized carbons (Fsp3) is 0.318. The Hall–Kier alpha value is -3.06. The molecule has 1 aliphatic heterocycles. The molecule has 1 aromatic heterocycles. The lowest BCUT2D eigenvalue weighted by atomic mass is 9.93. The number of para-hydroxylation sites is 1. The molecule has 7 nitrogen and oxygen atoms in total. The minimum atomic E-state index is -0.162. The minimum Gasteiger partial charge on any atom is -0.496 e. The van der Waals surface area contributed by atoms with Crippen molar-refractivity contribution in [3.05, 3.63) is 64.7 Å². The van der Waals surface area contributed by atoms with Crippen LogP contribution in [0.15, 0.2) is 48.5 Å². The van der Waals surface area contributed by atoms with Crippen molar-refractivity contribution in [1.82, 2.24) is 14.8 Å². The van der Waals surface area contributed by atoms with E-state index < -0.39 is 0 Å². The van der Waals surface area contributed by atoms with Gasteiger partial charge in [0.2, 0.25) is 11.9 Å². The number of hydrogen-bond acceptors (Lipinski definition) is 5. The fourth-order valence-corrected chi connectivity index (χ4v) is 3.73. The lowest BCUT2D eigenvalue weighted by Crippen LogP contribution is -2.28. The zero-order valence-corrected chi connectivity index (χ0v) is 17.8. The van der Waals surface area contributed by atoms with Gasteiger partial charge in [-0.3, -0.25) is 10.1 Å². The van der Waals surface area contributed by atoms with Crippen LogP contribution in [0.2, 0.25) is 5.02 Å². The molecule has 0 bridgehead atoms. The van der Waals surface area contributed by atoms with E-state index in [1.165, 1.54) is 0 Å². The van der Waals surface area contributed by atoms with Gasteiger partial charge in [0.25, 0.3) is 5.95 Å². The van der Waals surface area contributed by atoms with Crippen molar-refractivity contribution in [2.75, 3.05) is 17.7 Å². The van der Waals surface area contributed by atoms with Gasteiger partial charge in [-0.15, -0.1) is 5.10 Å². The molecule has 0 radical (unpaired) electrons. The summed E-state index contributed by atoms with van der Waals surface area (Å²) in [4.78, 5) is 16.7. The molecule has 4 rings (SSSR count). The first-order chi connectivity index (χ1) is 14.5. The first-order valence-corrected chi connectivity index (χ1v) is 10.3. The Bertz CT molecular complexity index is 1050. The van der Waals surface area contributed by atoms with Crippen LogP contribution in [0.4, 0.5) is 11.9 Å². The Balaban J connectivity index is 1.75. The first-order valence-electron chi connectivity index (χ1n) is 9.88. The SMILES string of the molecule is COc1ccccc1[C@H]1C[C@@H](c2ccc(Cl)cc2)Nc2nc(NC(=O)C(C)C)nn21. The number of hydrogen-bond donors (Lipinski definition) is 2. The second-order valence-electron chi connectivity index (χ2n) is 7.59. The molecule has 1 amide bonds. The number of carbonyl (C=O) groups excluding carboxylic acids is 1. The molecule has 0 saturated heterocycles. The predicted molar refractivity (Wildman–Crippen MR) is 117 cm³/mol. The standard InChI is InChI=1S/C22H24ClN5O2/c1-13(2)20(29)25-21-26-22-24-17(14-8-10-15(23)11-9-14)12-18(28(22)27-21)16-6-4-5-7-19(16)30-3/h4-11,13,17-18H,12H2,1-3H3,(H2,24,25,26,27,29)/t17-,18+/m0/s1. The topological polar surface area (TPSA) is 81.1 Å². The van der Waals surface area contributed by atoms with E-state index in [0.717, 1.165) is 23.3 Å². The maximum atomic E-state index is 12.1. The summed E-state index contributed by atoms with van der Waals surface area (Å²) >= 11 is 6.07. The smallest absolute Gasteiger partial charge is 0.250 e. The van der Waals surface area contributed by atoms with Crippen molar-refractivity contribution in [3.8, 4) is 5.75 Å². The summed E-state index contributed by atoms with van der Waals surface area (Å²) in [6.07, 6.45) is 0.732. The first kappa shape index (κ1) is 20.2. The molecule has 8 heteroatoms. The molecule has 0 fully saturated rings. The van der Waals surface area contributed by atoms with Crippen LogP contribution in [0.1, 0.15) is 43.5 Å². The molecule has 0 spiro atoms. The highest BCUT2D eigenvalue weighted by molar-refractivity contribution is 6.30. The van der Waals surface area contributed by atoms with E-state index in [1.54, 1.807) is 7.11 Å². The molecule has 1 aliphatic rings. The third-order valence-electron chi connectivity index (χ3n) is 5.22. The molecule has 30 heavy (non-hydrogen) atoms. The Morgan fingerprint density at radius 2 is 1.97 bits per heavy atom. The quantitative estimate of drug-likeness (QED) is 0.620. The normalized spacial score (nSPS) is 17.9. The highest BCUT2D eigenvalue weighted by Crippen LogP contribution is 2.41. The highest BCUT2D eigenvalue weighted by atomic mass is 35.5. The number of carbonyl (C=O) groups is 1. The monoisotopic (exact) mass is 425 g/mol. The van der Waals surface area contributed by atoms with Crippen LogP contribution in [0.3, 0.4) is 0 Å². The van der Waals surface area contributed by atoms with Crippen LogP contribution >= 0.6 is 11.6 Å². The number of methoxy groups -OCH3 is 1. The predicted octanol–water partition coefficient (Wildman–Crippen LogP) is 4.68. The van der Waals surface area contributed by atoms with Crippen LogP contribution < -0.4 is 15.4 Å². The van der Waals surface area contributed by atoms with E-state index in [-0.39, 0.29) is 29.9 Å². The fourth-order valence-electron chi connectivity index (χ4n) is 3.60. The van der Waals surface area contributed by atoms with Crippen molar-refractivity contribution >= 4 is 29.4 Å². The number of nitrogens with zero attached hydrogens (tertiary/aromatic N) is 3. The van der Waals surface area contributed by atoms with Crippen molar-refractivity contribution in [1.29, 1.82) is 0 Å². The van der Waals surface area contributed by atoms with Gasteiger partial charge in [-0.1, -0.05) is 55.8 Å². The van der Waals surface area contributed by atoms with Crippen molar-refractivity contribution < 1.29 is 9.53 Å². The summed E-state index contributed by atoms with van der Waals surface area (Å²) < 4.78 is 7.42. The van der Waals surface area contributed by atoms with Crippen molar-refractivity contribution in [2.24, 2.45) is 5.92 Å². The average Bonchev–Trinajstić information content (AvgIpc) is 3.15. The minimum absolute atomic E-state index is 0.00234. The second kappa shape index (κ2) is 8.36. The molecule has 0 unspecified atom stereocenters. The number of ether oxygens (including phenoxy) is 1. The Labute approximate surface area is 180 Å². The molecular weight excluding hydrogens is 402 g/mol. The number of halogens is 1. The van der Waals surface area contributed by atoms with E-state index in [9.17, 15) is 4.79 Å². The van der Waals surface area contributed by atoms with Gasteiger partial charge >= 0.3 is 0 Å². The molecule has 0 aliphatic carbocycles. The lowest BCUT2D eigenvalue weighted by Gasteiger charge is -2.32. The molecule has 2 aromatic carbocycles. The van der Waals surface area contributed by atoms with E-state index >= 15 is 0 Å². The molecule has 3 aromatic rings. The average molecular weight is 426 g/mol. The van der Waals surface area contributed by atoms with Crippen molar-refractivity contribution in [3.63, 3.8) is 0 Å². The van der Waals surface area contributed by atoms with E-state index in [4.69, 9.17) is 16.3 Å². The van der Waals surface area contributed by atoms with Gasteiger partial charge in [0.1, 0.15) is 5.75 Å². The van der Waals surface area contributed by atoms with Crippen molar-refractivity contribution in [2.45, 2.75) is 32.4 Å². The number of rotatable bonds is 5. The molecule has 156 valence electrons. The summed E-state index contributed by atoms with van der Waals surface area (Å²) in [5, 5.41) is 11.5. The van der Waals surface area contributed by atoms with E-state index in [1.807, 2.05) is 67.1 Å². The van der Waals surface area contributed by atoms with E-state index in [2.05, 4.69) is 20.7 Å². The zero-order chi connectivity index (χ0) is 21.3. The van der Waals surface area contributed by atoms with Gasteiger partial charge in [-0.05, 0) is 30.2 Å². The molecular formula is C22H24ClN5O2.